The first-order chi connectivity index (χ1) is 10.2. The summed E-state index contributed by atoms with van der Waals surface area (Å²) < 4.78 is 1.84. The second kappa shape index (κ2) is 6.39. The highest BCUT2D eigenvalue weighted by molar-refractivity contribution is 7.09. The number of nitrogens with zero attached hydrogens (tertiary/aromatic N) is 4. The van der Waals surface area contributed by atoms with Crippen molar-refractivity contribution in [1.82, 2.24) is 19.7 Å². The van der Waals surface area contributed by atoms with Crippen molar-refractivity contribution in [2.45, 2.75) is 31.6 Å². The molecule has 0 N–H and O–H groups in total. The Morgan fingerprint density at radius 2 is 2.38 bits per heavy atom. The molecule has 3 heterocycles. The minimum absolute atomic E-state index is 0.248. The maximum atomic E-state index is 12.4. The summed E-state index contributed by atoms with van der Waals surface area (Å²) in [5, 5.41) is 7.32. The molecule has 1 saturated heterocycles. The quantitative estimate of drug-likeness (QED) is 0.870. The Bertz CT molecular complexity index is 593. The van der Waals surface area contributed by atoms with Gasteiger partial charge in [0, 0.05) is 55.9 Å². The van der Waals surface area contributed by atoms with E-state index in [-0.39, 0.29) is 5.91 Å². The number of hydrogen-bond donors (Lipinski definition) is 0. The Hall–Kier alpha value is -1.69. The molecule has 1 amide bonds. The van der Waals surface area contributed by atoms with E-state index < -0.39 is 0 Å². The van der Waals surface area contributed by atoms with E-state index in [2.05, 4.69) is 10.1 Å². The highest BCUT2D eigenvalue weighted by Gasteiger charge is 2.25. The van der Waals surface area contributed by atoms with Gasteiger partial charge in [-0.1, -0.05) is 0 Å². The normalized spacial score (nSPS) is 18.9. The summed E-state index contributed by atoms with van der Waals surface area (Å²) >= 11 is 1.70. The first-order valence-corrected chi connectivity index (χ1v) is 8.26. The minimum Gasteiger partial charge on any atom is -0.342 e. The average molecular weight is 304 g/mol. The molecule has 0 aromatic carbocycles. The average Bonchev–Trinajstić information content (AvgIpc) is 3.16. The van der Waals surface area contributed by atoms with Crippen LogP contribution in [0.2, 0.25) is 0 Å². The molecule has 0 saturated carbocycles. The zero-order chi connectivity index (χ0) is 14.7. The predicted octanol–water partition coefficient (Wildman–Crippen LogP) is 2.22. The van der Waals surface area contributed by atoms with E-state index >= 15 is 0 Å². The molecule has 5 nitrogen and oxygen atoms in total. The fraction of sp³-hybridized carbons (Fsp3) is 0.533. The smallest absolute Gasteiger partial charge is 0.222 e. The van der Waals surface area contributed by atoms with Gasteiger partial charge in [-0.15, -0.1) is 11.3 Å². The molecule has 0 spiro atoms. The predicted molar refractivity (Wildman–Crippen MR) is 82.2 cm³/mol. The highest BCUT2D eigenvalue weighted by Crippen LogP contribution is 2.28. The third-order valence-corrected chi connectivity index (χ3v) is 5.03. The van der Waals surface area contributed by atoms with E-state index in [1.165, 1.54) is 5.01 Å². The lowest BCUT2D eigenvalue weighted by atomic mass is 9.98. The van der Waals surface area contributed by atoms with E-state index in [0.717, 1.165) is 38.0 Å². The first-order valence-electron chi connectivity index (χ1n) is 7.38. The van der Waals surface area contributed by atoms with Crippen LogP contribution in [0.5, 0.6) is 0 Å². The summed E-state index contributed by atoms with van der Waals surface area (Å²) in [4.78, 5) is 18.8. The van der Waals surface area contributed by atoms with Crippen molar-refractivity contribution >= 4 is 17.2 Å². The lowest BCUT2D eigenvalue weighted by Crippen LogP contribution is -2.39. The van der Waals surface area contributed by atoms with Crippen LogP contribution in [0, 0.1) is 0 Å². The molecule has 1 aliphatic rings. The number of likely N-dealkylation sites (tertiary alicyclic amines) is 1. The van der Waals surface area contributed by atoms with Crippen molar-refractivity contribution in [2.75, 3.05) is 13.1 Å². The van der Waals surface area contributed by atoms with Crippen molar-refractivity contribution in [3.63, 3.8) is 0 Å². The van der Waals surface area contributed by atoms with Gasteiger partial charge in [0.05, 0.1) is 5.01 Å². The van der Waals surface area contributed by atoms with Crippen molar-refractivity contribution in [3.05, 3.63) is 34.5 Å². The first kappa shape index (κ1) is 14.3. The van der Waals surface area contributed by atoms with Gasteiger partial charge in [-0.2, -0.15) is 5.10 Å². The molecule has 2 aromatic heterocycles. The Kier molecular flexibility index (Phi) is 4.34. The third kappa shape index (κ3) is 3.32. The number of aromatic nitrogens is 3. The molecule has 112 valence electrons. The summed E-state index contributed by atoms with van der Waals surface area (Å²) in [6, 6.07) is 1.97. The number of hydrogen-bond acceptors (Lipinski definition) is 4. The van der Waals surface area contributed by atoms with Gasteiger partial charge in [0.1, 0.15) is 0 Å². The Morgan fingerprint density at radius 1 is 1.48 bits per heavy atom. The number of thiazole rings is 1. The van der Waals surface area contributed by atoms with Crippen LogP contribution in [0.15, 0.2) is 23.8 Å². The van der Waals surface area contributed by atoms with Gasteiger partial charge >= 0.3 is 0 Å². The summed E-state index contributed by atoms with van der Waals surface area (Å²) in [7, 11) is 1.92. The summed E-state index contributed by atoms with van der Waals surface area (Å²) in [5.74, 6) is 0.664. The van der Waals surface area contributed by atoms with Crippen molar-refractivity contribution in [2.24, 2.45) is 7.05 Å². The molecule has 21 heavy (non-hydrogen) atoms. The van der Waals surface area contributed by atoms with E-state index in [1.807, 2.05) is 34.3 Å². The molecule has 0 radical (unpaired) electrons. The van der Waals surface area contributed by atoms with Crippen LogP contribution >= 0.6 is 11.3 Å². The van der Waals surface area contributed by atoms with Crippen LogP contribution in [-0.4, -0.2) is 38.7 Å². The molecule has 1 fully saturated rings. The monoisotopic (exact) mass is 304 g/mol. The SMILES string of the molecule is Cn1nccc1CCC(=O)N1CCCC(c2nccs2)C1. The Balaban J connectivity index is 1.56. The van der Waals surface area contributed by atoms with Crippen molar-refractivity contribution in [3.8, 4) is 0 Å². The molecule has 1 aliphatic heterocycles. The van der Waals surface area contributed by atoms with Crippen molar-refractivity contribution in [1.29, 1.82) is 0 Å². The van der Waals surface area contributed by atoms with Gasteiger partial charge in [-0.25, -0.2) is 4.98 Å². The number of piperidine rings is 1. The zero-order valence-corrected chi connectivity index (χ0v) is 13.1. The number of amides is 1. The van der Waals surface area contributed by atoms with Crippen LogP contribution in [0.25, 0.3) is 0 Å². The fourth-order valence-corrected chi connectivity index (χ4v) is 3.65. The Morgan fingerprint density at radius 3 is 3.10 bits per heavy atom. The molecular formula is C15H20N4OS. The van der Waals surface area contributed by atoms with Crippen LogP contribution < -0.4 is 0 Å². The molecule has 3 rings (SSSR count). The van der Waals surface area contributed by atoms with Gasteiger partial charge in [-0.3, -0.25) is 9.48 Å². The lowest BCUT2D eigenvalue weighted by molar-refractivity contribution is -0.132. The van der Waals surface area contributed by atoms with Crippen LogP contribution in [-0.2, 0) is 18.3 Å². The van der Waals surface area contributed by atoms with Gasteiger partial charge in [-0.05, 0) is 25.3 Å². The van der Waals surface area contributed by atoms with Gasteiger partial charge in [0.25, 0.3) is 0 Å². The van der Waals surface area contributed by atoms with Crippen LogP contribution in [0.4, 0.5) is 0 Å². The molecule has 2 aromatic rings. The third-order valence-electron chi connectivity index (χ3n) is 4.09. The summed E-state index contributed by atoms with van der Waals surface area (Å²) in [5.41, 5.74) is 1.11. The maximum Gasteiger partial charge on any atom is 0.222 e. The lowest BCUT2D eigenvalue weighted by Gasteiger charge is -2.32. The van der Waals surface area contributed by atoms with Gasteiger partial charge in [0.2, 0.25) is 5.91 Å². The van der Waals surface area contributed by atoms with Gasteiger partial charge in [0.15, 0.2) is 0 Å². The molecule has 6 heteroatoms. The topological polar surface area (TPSA) is 51.0 Å². The maximum absolute atomic E-state index is 12.4. The second-order valence-electron chi connectivity index (χ2n) is 5.50. The van der Waals surface area contributed by atoms with E-state index in [0.29, 0.717) is 12.3 Å². The molecule has 1 atom stereocenters. The molecular weight excluding hydrogens is 284 g/mol. The Labute approximate surface area is 128 Å². The van der Waals surface area contributed by atoms with Gasteiger partial charge < -0.3 is 4.90 Å². The van der Waals surface area contributed by atoms with Crippen molar-refractivity contribution < 1.29 is 4.79 Å². The summed E-state index contributed by atoms with van der Waals surface area (Å²) in [6.45, 7) is 1.70. The van der Waals surface area contributed by atoms with Crippen LogP contribution in [0.3, 0.4) is 0 Å². The standard InChI is InChI=1S/C15H20N4OS/c1-18-13(6-7-17-18)4-5-14(20)19-9-2-3-12(11-19)15-16-8-10-21-15/h6-8,10,12H,2-5,9,11H2,1H3. The number of carbonyl (C=O) groups excluding carboxylic acids is 1. The fourth-order valence-electron chi connectivity index (χ4n) is 2.88. The highest BCUT2D eigenvalue weighted by atomic mass is 32.1. The number of carbonyl (C=O) groups is 1. The molecule has 1 unspecified atom stereocenters. The molecule has 0 bridgehead atoms. The number of rotatable bonds is 4. The van der Waals surface area contributed by atoms with E-state index in [9.17, 15) is 4.79 Å². The molecule has 0 aliphatic carbocycles. The van der Waals surface area contributed by atoms with E-state index in [1.54, 1.807) is 17.5 Å². The zero-order valence-electron chi connectivity index (χ0n) is 12.2. The number of aryl methyl sites for hydroxylation is 2. The van der Waals surface area contributed by atoms with Crippen LogP contribution in [0.1, 0.15) is 35.9 Å². The second-order valence-corrected chi connectivity index (χ2v) is 6.42. The summed E-state index contributed by atoms with van der Waals surface area (Å²) in [6.07, 6.45) is 7.15. The largest absolute Gasteiger partial charge is 0.342 e. The minimum atomic E-state index is 0.248. The van der Waals surface area contributed by atoms with E-state index in [4.69, 9.17) is 0 Å².